The van der Waals surface area contributed by atoms with Crippen LogP contribution in [0.5, 0.6) is 0 Å². The molecule has 1 N–H and O–H groups in total. The van der Waals surface area contributed by atoms with Gasteiger partial charge in [-0.3, -0.25) is 0 Å². The summed E-state index contributed by atoms with van der Waals surface area (Å²) in [6.45, 7) is 2.17. The fourth-order valence-electron chi connectivity index (χ4n) is 1.61. The van der Waals surface area contributed by atoms with E-state index >= 15 is 0 Å². The second kappa shape index (κ2) is 4.32. The quantitative estimate of drug-likeness (QED) is 0.856. The van der Waals surface area contributed by atoms with Gasteiger partial charge in [-0.05, 0) is 11.4 Å². The molecule has 0 amide bonds. The van der Waals surface area contributed by atoms with E-state index in [4.69, 9.17) is 9.26 Å². The minimum Gasteiger partial charge on any atom is -0.378 e. The van der Waals surface area contributed by atoms with Gasteiger partial charge >= 0.3 is 0 Å². The van der Waals surface area contributed by atoms with Crippen LogP contribution in [-0.2, 0) is 4.74 Å². The molecule has 0 bridgehead atoms. The lowest BCUT2D eigenvalue weighted by Gasteiger charge is -2.20. The maximum atomic E-state index is 5.35. The van der Waals surface area contributed by atoms with Gasteiger partial charge in [0.1, 0.15) is 0 Å². The summed E-state index contributed by atoms with van der Waals surface area (Å²) >= 11 is 1.59. The number of morpholine rings is 1. The summed E-state index contributed by atoms with van der Waals surface area (Å²) < 4.78 is 10.6. The molecule has 0 saturated carbocycles. The summed E-state index contributed by atoms with van der Waals surface area (Å²) in [7, 11) is 0. The van der Waals surface area contributed by atoms with Gasteiger partial charge in [-0.2, -0.15) is 4.98 Å². The van der Waals surface area contributed by atoms with Crippen molar-refractivity contribution in [2.75, 3.05) is 19.8 Å². The number of nitrogens with one attached hydrogen (secondary N) is 1. The standard InChI is InChI=1S/C10H11N3O2S/c1-2-8(16-5-1)10-12-9(13-15-10)7-6-14-4-3-11-7/h1-2,5,7,11H,3-4,6H2. The lowest BCUT2D eigenvalue weighted by atomic mass is 10.2. The van der Waals surface area contributed by atoms with Gasteiger partial charge in [-0.1, -0.05) is 11.2 Å². The molecule has 0 aliphatic carbocycles. The second-order valence-electron chi connectivity index (χ2n) is 3.52. The zero-order valence-corrected chi connectivity index (χ0v) is 9.37. The maximum absolute atomic E-state index is 5.35. The first kappa shape index (κ1) is 9.95. The largest absolute Gasteiger partial charge is 0.378 e. The number of aromatic nitrogens is 2. The monoisotopic (exact) mass is 237 g/mol. The van der Waals surface area contributed by atoms with Gasteiger partial charge in [-0.15, -0.1) is 11.3 Å². The lowest BCUT2D eigenvalue weighted by molar-refractivity contribution is 0.0734. The van der Waals surface area contributed by atoms with Crippen molar-refractivity contribution in [1.29, 1.82) is 0 Å². The maximum Gasteiger partial charge on any atom is 0.268 e. The summed E-state index contributed by atoms with van der Waals surface area (Å²) in [5, 5.41) is 9.25. The molecule has 5 nitrogen and oxygen atoms in total. The predicted molar refractivity (Wildman–Crippen MR) is 59.2 cm³/mol. The number of ether oxygens (including phenoxy) is 1. The van der Waals surface area contributed by atoms with E-state index in [0.29, 0.717) is 18.3 Å². The normalized spacial score (nSPS) is 21.1. The van der Waals surface area contributed by atoms with Gasteiger partial charge in [0.15, 0.2) is 5.82 Å². The van der Waals surface area contributed by atoms with Crippen molar-refractivity contribution in [2.24, 2.45) is 0 Å². The summed E-state index contributed by atoms with van der Waals surface area (Å²) in [5.74, 6) is 1.25. The molecule has 1 aliphatic rings. The van der Waals surface area contributed by atoms with E-state index < -0.39 is 0 Å². The third-order valence-electron chi connectivity index (χ3n) is 2.41. The number of hydrogen-bond acceptors (Lipinski definition) is 6. The molecule has 3 rings (SSSR count). The molecular formula is C10H11N3O2S. The first-order valence-corrected chi connectivity index (χ1v) is 6.00. The molecule has 0 spiro atoms. The molecule has 2 aromatic heterocycles. The van der Waals surface area contributed by atoms with Crippen LogP contribution in [-0.4, -0.2) is 29.9 Å². The number of nitrogens with zero attached hydrogens (tertiary/aromatic N) is 2. The molecule has 16 heavy (non-hydrogen) atoms. The molecule has 6 heteroatoms. The molecule has 1 aliphatic heterocycles. The SMILES string of the molecule is c1csc(-c2nc(C3COCCN3)no2)c1. The van der Waals surface area contributed by atoms with Crippen LogP contribution in [0.1, 0.15) is 11.9 Å². The van der Waals surface area contributed by atoms with Gasteiger partial charge < -0.3 is 14.6 Å². The highest BCUT2D eigenvalue weighted by molar-refractivity contribution is 7.13. The number of rotatable bonds is 2. The predicted octanol–water partition coefficient (Wildman–Crippen LogP) is 1.46. The molecule has 84 valence electrons. The molecule has 0 aromatic carbocycles. The molecule has 3 heterocycles. The Hall–Kier alpha value is -1.24. The van der Waals surface area contributed by atoms with Crippen molar-refractivity contribution in [1.82, 2.24) is 15.5 Å². The van der Waals surface area contributed by atoms with Crippen LogP contribution >= 0.6 is 11.3 Å². The highest BCUT2D eigenvalue weighted by atomic mass is 32.1. The molecule has 1 fully saturated rings. The third kappa shape index (κ3) is 1.87. The van der Waals surface area contributed by atoms with E-state index in [1.807, 2.05) is 17.5 Å². The van der Waals surface area contributed by atoms with Gasteiger partial charge in [0.2, 0.25) is 0 Å². The van der Waals surface area contributed by atoms with Crippen molar-refractivity contribution in [3.8, 4) is 10.8 Å². The second-order valence-corrected chi connectivity index (χ2v) is 4.46. The summed E-state index contributed by atoms with van der Waals surface area (Å²) in [5.41, 5.74) is 0. The van der Waals surface area contributed by atoms with Crippen LogP contribution in [0, 0.1) is 0 Å². The van der Waals surface area contributed by atoms with Crippen molar-refractivity contribution in [2.45, 2.75) is 6.04 Å². The van der Waals surface area contributed by atoms with E-state index in [1.165, 1.54) is 0 Å². The highest BCUT2D eigenvalue weighted by Crippen LogP contribution is 2.24. The zero-order valence-electron chi connectivity index (χ0n) is 8.55. The van der Waals surface area contributed by atoms with Crippen molar-refractivity contribution in [3.63, 3.8) is 0 Å². The fourth-order valence-corrected chi connectivity index (χ4v) is 2.25. The van der Waals surface area contributed by atoms with E-state index in [9.17, 15) is 0 Å². The Balaban J connectivity index is 1.82. The molecule has 0 radical (unpaired) electrons. The van der Waals surface area contributed by atoms with Crippen LogP contribution in [0.4, 0.5) is 0 Å². The Bertz CT molecular complexity index is 448. The minimum absolute atomic E-state index is 0.0474. The lowest BCUT2D eigenvalue weighted by Crippen LogP contribution is -2.35. The van der Waals surface area contributed by atoms with Crippen molar-refractivity contribution in [3.05, 3.63) is 23.3 Å². The fraction of sp³-hybridized carbons (Fsp3) is 0.400. The van der Waals surface area contributed by atoms with Crippen LogP contribution in [0.15, 0.2) is 22.0 Å². The van der Waals surface area contributed by atoms with Crippen molar-refractivity contribution < 1.29 is 9.26 Å². The molecule has 1 saturated heterocycles. The summed E-state index contributed by atoms with van der Waals surface area (Å²) in [6.07, 6.45) is 0. The van der Waals surface area contributed by atoms with Gasteiger partial charge in [0.05, 0.1) is 24.1 Å². The molecule has 2 aromatic rings. The van der Waals surface area contributed by atoms with Crippen molar-refractivity contribution >= 4 is 11.3 Å². The van der Waals surface area contributed by atoms with Crippen LogP contribution in [0.3, 0.4) is 0 Å². The molecular weight excluding hydrogens is 226 g/mol. The number of hydrogen-bond donors (Lipinski definition) is 1. The molecule has 1 atom stereocenters. The van der Waals surface area contributed by atoms with E-state index in [0.717, 1.165) is 18.0 Å². The van der Waals surface area contributed by atoms with Crippen LogP contribution in [0.2, 0.25) is 0 Å². The summed E-state index contributed by atoms with van der Waals surface area (Å²) in [6, 6.07) is 3.98. The first-order valence-electron chi connectivity index (χ1n) is 5.12. The van der Waals surface area contributed by atoms with E-state index in [1.54, 1.807) is 11.3 Å². The van der Waals surface area contributed by atoms with Gasteiger partial charge in [0, 0.05) is 6.54 Å². The topological polar surface area (TPSA) is 60.2 Å². The smallest absolute Gasteiger partial charge is 0.268 e. The molecule has 1 unspecified atom stereocenters. The van der Waals surface area contributed by atoms with Crippen LogP contribution in [0.25, 0.3) is 10.8 Å². The average molecular weight is 237 g/mol. The van der Waals surface area contributed by atoms with Gasteiger partial charge in [0.25, 0.3) is 5.89 Å². The van der Waals surface area contributed by atoms with Crippen LogP contribution < -0.4 is 5.32 Å². The first-order chi connectivity index (χ1) is 7.93. The Kier molecular flexibility index (Phi) is 2.69. The van der Waals surface area contributed by atoms with Gasteiger partial charge in [-0.25, -0.2) is 0 Å². The highest BCUT2D eigenvalue weighted by Gasteiger charge is 2.21. The van der Waals surface area contributed by atoms with E-state index in [-0.39, 0.29) is 6.04 Å². The number of thiophene rings is 1. The Morgan fingerprint density at radius 2 is 2.50 bits per heavy atom. The Morgan fingerprint density at radius 3 is 3.25 bits per heavy atom. The Morgan fingerprint density at radius 1 is 1.50 bits per heavy atom. The third-order valence-corrected chi connectivity index (χ3v) is 3.26. The van der Waals surface area contributed by atoms with E-state index in [2.05, 4.69) is 15.5 Å². The average Bonchev–Trinajstić information content (AvgIpc) is 3.01. The summed E-state index contributed by atoms with van der Waals surface area (Å²) in [4.78, 5) is 5.36. The minimum atomic E-state index is 0.0474. The Labute approximate surface area is 96.4 Å². The zero-order chi connectivity index (χ0) is 10.8.